The number of hydrogen-bond donors (Lipinski definition) is 2. The zero-order valence-electron chi connectivity index (χ0n) is 10.8. The molecule has 2 N–H and O–H groups in total. The van der Waals surface area contributed by atoms with Gasteiger partial charge in [0.2, 0.25) is 11.7 Å². The molecule has 8 heteroatoms. The lowest BCUT2D eigenvalue weighted by atomic mass is 10.4. The zero-order chi connectivity index (χ0) is 15.2. The summed E-state index contributed by atoms with van der Waals surface area (Å²) in [6, 6.07) is 7.76. The summed E-state index contributed by atoms with van der Waals surface area (Å²) >= 11 is 0. The second-order valence-corrected chi connectivity index (χ2v) is 5.52. The number of carboxylic acid groups (broad SMARTS) is 1. The van der Waals surface area contributed by atoms with E-state index in [4.69, 9.17) is 9.52 Å². The molecule has 2 aromatic rings. The minimum atomic E-state index is -1.50. The number of furan rings is 1. The summed E-state index contributed by atoms with van der Waals surface area (Å²) in [6.45, 7) is 0. The van der Waals surface area contributed by atoms with Crippen LogP contribution in [0.25, 0.3) is 0 Å². The highest BCUT2D eigenvalue weighted by Gasteiger charge is 2.14. The van der Waals surface area contributed by atoms with Gasteiger partial charge < -0.3 is 14.8 Å². The first kappa shape index (κ1) is 14.9. The summed E-state index contributed by atoms with van der Waals surface area (Å²) in [6.07, 6.45) is 1.53. The molecular weight excluding hydrogens is 296 g/mol. The molecule has 0 aliphatic rings. The van der Waals surface area contributed by atoms with Crippen molar-refractivity contribution >= 4 is 28.5 Å². The first-order chi connectivity index (χ1) is 10.0. The second-order valence-electron chi connectivity index (χ2n) is 4.06. The SMILES string of the molecule is O=C(CS(=O)Cc1ccc(C(=O)O)o1)Nc1ccccn1. The van der Waals surface area contributed by atoms with Crippen molar-refractivity contribution in [3.8, 4) is 0 Å². The monoisotopic (exact) mass is 308 g/mol. The van der Waals surface area contributed by atoms with Gasteiger partial charge in [-0.25, -0.2) is 9.78 Å². The molecule has 1 amide bonds. The Morgan fingerprint density at radius 2 is 2.10 bits per heavy atom. The van der Waals surface area contributed by atoms with Crippen molar-refractivity contribution < 1.29 is 23.3 Å². The third-order valence-corrected chi connectivity index (χ3v) is 3.59. The van der Waals surface area contributed by atoms with Gasteiger partial charge in [-0.15, -0.1) is 0 Å². The Labute approximate surface area is 122 Å². The number of nitrogens with one attached hydrogen (secondary N) is 1. The van der Waals surface area contributed by atoms with Crippen LogP contribution in [0.5, 0.6) is 0 Å². The Bertz CT molecular complexity index is 668. The smallest absolute Gasteiger partial charge is 0.371 e. The Morgan fingerprint density at radius 3 is 2.71 bits per heavy atom. The highest BCUT2D eigenvalue weighted by Crippen LogP contribution is 2.10. The van der Waals surface area contributed by atoms with Gasteiger partial charge in [0, 0.05) is 17.0 Å². The summed E-state index contributed by atoms with van der Waals surface area (Å²) in [5.41, 5.74) is 0. The largest absolute Gasteiger partial charge is 0.475 e. The van der Waals surface area contributed by atoms with Crippen LogP contribution in [0, 0.1) is 0 Å². The van der Waals surface area contributed by atoms with E-state index < -0.39 is 22.7 Å². The van der Waals surface area contributed by atoms with Crippen molar-refractivity contribution in [1.29, 1.82) is 0 Å². The maximum absolute atomic E-state index is 11.8. The third kappa shape index (κ3) is 4.53. The van der Waals surface area contributed by atoms with E-state index in [0.29, 0.717) is 5.82 Å². The average molecular weight is 308 g/mol. The molecule has 2 heterocycles. The fourth-order valence-electron chi connectivity index (χ4n) is 1.54. The highest BCUT2D eigenvalue weighted by molar-refractivity contribution is 7.84. The number of pyridine rings is 1. The van der Waals surface area contributed by atoms with Crippen LogP contribution in [0.2, 0.25) is 0 Å². The van der Waals surface area contributed by atoms with Gasteiger partial charge in [0.15, 0.2) is 0 Å². The zero-order valence-corrected chi connectivity index (χ0v) is 11.6. The van der Waals surface area contributed by atoms with Crippen molar-refractivity contribution in [3.63, 3.8) is 0 Å². The van der Waals surface area contributed by atoms with E-state index in [-0.39, 0.29) is 23.0 Å². The Hall–Kier alpha value is -2.48. The topological polar surface area (TPSA) is 110 Å². The van der Waals surface area contributed by atoms with E-state index in [1.807, 2.05) is 0 Å². The standard InChI is InChI=1S/C13H12N2O5S/c16-12(15-11-3-1-2-6-14-11)8-21(19)7-9-4-5-10(20-9)13(17)18/h1-6H,7-8H2,(H,17,18)(H,14,15,16). The molecule has 110 valence electrons. The number of amides is 1. The number of hydrogen-bond acceptors (Lipinski definition) is 5. The molecule has 2 aromatic heterocycles. The predicted molar refractivity (Wildman–Crippen MR) is 75.2 cm³/mol. The molecule has 0 spiro atoms. The van der Waals surface area contributed by atoms with Gasteiger partial charge in [-0.3, -0.25) is 9.00 Å². The summed E-state index contributed by atoms with van der Waals surface area (Å²) < 4.78 is 16.8. The van der Waals surface area contributed by atoms with Crippen LogP contribution in [-0.2, 0) is 21.3 Å². The lowest BCUT2D eigenvalue weighted by Crippen LogP contribution is -2.20. The maximum atomic E-state index is 11.8. The number of carboxylic acids is 1. The van der Waals surface area contributed by atoms with E-state index in [2.05, 4.69) is 10.3 Å². The minimum absolute atomic E-state index is 0.0249. The van der Waals surface area contributed by atoms with E-state index >= 15 is 0 Å². The summed E-state index contributed by atoms with van der Waals surface area (Å²) in [5.74, 6) is -1.46. The normalized spacial score (nSPS) is 11.8. The van der Waals surface area contributed by atoms with Gasteiger partial charge in [0.05, 0.1) is 5.75 Å². The van der Waals surface area contributed by atoms with E-state index in [9.17, 15) is 13.8 Å². The molecule has 0 aromatic carbocycles. The van der Waals surface area contributed by atoms with E-state index in [1.54, 1.807) is 18.2 Å². The number of anilines is 1. The number of rotatable bonds is 6. The van der Waals surface area contributed by atoms with Crippen LogP contribution in [0.4, 0.5) is 5.82 Å². The molecule has 0 aliphatic heterocycles. The summed E-state index contributed by atoms with van der Waals surface area (Å²) in [4.78, 5) is 26.2. The van der Waals surface area contributed by atoms with E-state index in [1.165, 1.54) is 18.3 Å². The second kappa shape index (κ2) is 6.80. The average Bonchev–Trinajstić information content (AvgIpc) is 2.88. The van der Waals surface area contributed by atoms with Crippen molar-refractivity contribution in [2.24, 2.45) is 0 Å². The molecule has 0 saturated carbocycles. The Balaban J connectivity index is 1.86. The first-order valence-corrected chi connectivity index (χ1v) is 7.41. The lowest BCUT2D eigenvalue weighted by molar-refractivity contribution is -0.113. The summed E-state index contributed by atoms with van der Waals surface area (Å²) in [5, 5.41) is 11.2. The Morgan fingerprint density at radius 1 is 1.29 bits per heavy atom. The van der Waals surface area contributed by atoms with Crippen LogP contribution in [0.3, 0.4) is 0 Å². The van der Waals surface area contributed by atoms with Crippen molar-refractivity contribution in [2.75, 3.05) is 11.1 Å². The molecule has 21 heavy (non-hydrogen) atoms. The molecular formula is C13H12N2O5S. The van der Waals surface area contributed by atoms with Crippen molar-refractivity contribution in [2.45, 2.75) is 5.75 Å². The van der Waals surface area contributed by atoms with E-state index in [0.717, 1.165) is 0 Å². The molecule has 0 aliphatic carbocycles. The molecule has 1 unspecified atom stereocenters. The fourth-order valence-corrected chi connectivity index (χ4v) is 2.48. The van der Waals surface area contributed by atoms with Crippen LogP contribution in [-0.4, -0.2) is 31.9 Å². The fraction of sp³-hybridized carbons (Fsp3) is 0.154. The highest BCUT2D eigenvalue weighted by atomic mass is 32.2. The first-order valence-electron chi connectivity index (χ1n) is 5.92. The van der Waals surface area contributed by atoms with Crippen LogP contribution < -0.4 is 5.32 Å². The molecule has 1 atom stereocenters. The minimum Gasteiger partial charge on any atom is -0.475 e. The number of carbonyl (C=O) groups is 2. The molecule has 7 nitrogen and oxygen atoms in total. The van der Waals surface area contributed by atoms with Gasteiger partial charge in [0.25, 0.3) is 0 Å². The maximum Gasteiger partial charge on any atom is 0.371 e. The van der Waals surface area contributed by atoms with Crippen LogP contribution >= 0.6 is 0 Å². The van der Waals surface area contributed by atoms with Gasteiger partial charge in [-0.2, -0.15) is 0 Å². The van der Waals surface area contributed by atoms with Gasteiger partial charge in [-0.05, 0) is 24.3 Å². The number of carbonyl (C=O) groups excluding carboxylic acids is 1. The third-order valence-electron chi connectivity index (χ3n) is 2.40. The van der Waals surface area contributed by atoms with Gasteiger partial charge in [0.1, 0.15) is 17.3 Å². The van der Waals surface area contributed by atoms with Crippen LogP contribution in [0.1, 0.15) is 16.3 Å². The molecule has 0 fully saturated rings. The number of aromatic nitrogens is 1. The molecule has 0 saturated heterocycles. The summed E-state index contributed by atoms with van der Waals surface area (Å²) in [7, 11) is -1.50. The molecule has 0 radical (unpaired) electrons. The van der Waals surface area contributed by atoms with Crippen molar-refractivity contribution in [1.82, 2.24) is 4.98 Å². The molecule has 0 bridgehead atoms. The number of aromatic carboxylic acids is 1. The predicted octanol–water partition coefficient (Wildman–Crippen LogP) is 1.26. The Kier molecular flexibility index (Phi) is 4.83. The lowest BCUT2D eigenvalue weighted by Gasteiger charge is -2.03. The van der Waals surface area contributed by atoms with Gasteiger partial charge >= 0.3 is 5.97 Å². The number of nitrogens with zero attached hydrogens (tertiary/aromatic N) is 1. The van der Waals surface area contributed by atoms with Crippen LogP contribution in [0.15, 0.2) is 40.9 Å². The van der Waals surface area contributed by atoms with Crippen molar-refractivity contribution in [3.05, 3.63) is 48.0 Å². The molecule has 2 rings (SSSR count). The quantitative estimate of drug-likeness (QED) is 0.831. The van der Waals surface area contributed by atoms with Gasteiger partial charge in [-0.1, -0.05) is 6.07 Å².